The van der Waals surface area contributed by atoms with Gasteiger partial charge in [0.2, 0.25) is 5.91 Å². The van der Waals surface area contributed by atoms with Crippen molar-refractivity contribution >= 4 is 27.5 Å². The number of carbonyl (C=O) groups is 1. The standard InChI is InChI=1S/C11H14BrNO/c1-2-4-11(14)13-10-6-3-5-9(7-10)8-12/h3,5-7H,2,4,8H2,1H3,(H,13,14). The van der Waals surface area contributed by atoms with E-state index >= 15 is 0 Å². The fraction of sp³-hybridized carbons (Fsp3) is 0.364. The predicted molar refractivity (Wildman–Crippen MR) is 62.6 cm³/mol. The summed E-state index contributed by atoms with van der Waals surface area (Å²) in [6.07, 6.45) is 1.46. The molecule has 2 nitrogen and oxygen atoms in total. The minimum Gasteiger partial charge on any atom is -0.326 e. The fourth-order valence-corrected chi connectivity index (χ4v) is 1.53. The lowest BCUT2D eigenvalue weighted by Gasteiger charge is -2.05. The van der Waals surface area contributed by atoms with Gasteiger partial charge in [-0.3, -0.25) is 4.79 Å². The van der Waals surface area contributed by atoms with E-state index in [0.717, 1.165) is 17.4 Å². The van der Waals surface area contributed by atoms with E-state index in [-0.39, 0.29) is 5.91 Å². The molecule has 0 heterocycles. The van der Waals surface area contributed by atoms with Crippen molar-refractivity contribution in [1.82, 2.24) is 0 Å². The zero-order valence-electron chi connectivity index (χ0n) is 8.22. The highest BCUT2D eigenvalue weighted by Gasteiger charge is 2.00. The van der Waals surface area contributed by atoms with Gasteiger partial charge in [-0.25, -0.2) is 0 Å². The largest absolute Gasteiger partial charge is 0.326 e. The van der Waals surface area contributed by atoms with Crippen molar-refractivity contribution in [2.75, 3.05) is 5.32 Å². The van der Waals surface area contributed by atoms with Gasteiger partial charge in [-0.1, -0.05) is 35.0 Å². The van der Waals surface area contributed by atoms with Crippen LogP contribution in [0.1, 0.15) is 25.3 Å². The summed E-state index contributed by atoms with van der Waals surface area (Å²) < 4.78 is 0. The SMILES string of the molecule is CCCC(=O)Nc1cccc(CBr)c1. The second-order valence-electron chi connectivity index (χ2n) is 3.13. The van der Waals surface area contributed by atoms with Crippen LogP contribution in [0.2, 0.25) is 0 Å². The van der Waals surface area contributed by atoms with E-state index < -0.39 is 0 Å². The van der Waals surface area contributed by atoms with Crippen LogP contribution in [-0.4, -0.2) is 5.91 Å². The number of halogens is 1. The Morgan fingerprint density at radius 2 is 2.29 bits per heavy atom. The number of carbonyl (C=O) groups excluding carboxylic acids is 1. The van der Waals surface area contributed by atoms with Crippen LogP contribution in [0.3, 0.4) is 0 Å². The van der Waals surface area contributed by atoms with Gasteiger partial charge in [-0.05, 0) is 24.1 Å². The maximum atomic E-state index is 11.3. The van der Waals surface area contributed by atoms with Crippen LogP contribution >= 0.6 is 15.9 Å². The van der Waals surface area contributed by atoms with Gasteiger partial charge in [0, 0.05) is 17.4 Å². The lowest BCUT2D eigenvalue weighted by molar-refractivity contribution is -0.116. The van der Waals surface area contributed by atoms with Gasteiger partial charge in [-0.15, -0.1) is 0 Å². The monoisotopic (exact) mass is 255 g/mol. The molecule has 0 radical (unpaired) electrons. The van der Waals surface area contributed by atoms with Gasteiger partial charge >= 0.3 is 0 Å². The van der Waals surface area contributed by atoms with Gasteiger partial charge in [0.15, 0.2) is 0 Å². The van der Waals surface area contributed by atoms with Gasteiger partial charge in [-0.2, -0.15) is 0 Å². The van der Waals surface area contributed by atoms with Gasteiger partial charge in [0.25, 0.3) is 0 Å². The van der Waals surface area contributed by atoms with Gasteiger partial charge in [0.05, 0.1) is 0 Å². The molecule has 0 bridgehead atoms. The first-order valence-electron chi connectivity index (χ1n) is 4.71. The smallest absolute Gasteiger partial charge is 0.224 e. The summed E-state index contributed by atoms with van der Waals surface area (Å²) in [5.74, 6) is 0.0826. The van der Waals surface area contributed by atoms with Crippen molar-refractivity contribution in [3.63, 3.8) is 0 Å². The number of nitrogens with one attached hydrogen (secondary N) is 1. The highest BCUT2D eigenvalue weighted by atomic mass is 79.9. The van der Waals surface area contributed by atoms with E-state index in [2.05, 4.69) is 21.2 Å². The molecular weight excluding hydrogens is 242 g/mol. The van der Waals surface area contributed by atoms with Crippen molar-refractivity contribution in [1.29, 1.82) is 0 Å². The zero-order chi connectivity index (χ0) is 10.4. The second-order valence-corrected chi connectivity index (χ2v) is 3.69. The lowest BCUT2D eigenvalue weighted by atomic mass is 10.2. The third-order valence-corrected chi connectivity index (χ3v) is 2.49. The van der Waals surface area contributed by atoms with Crippen LogP contribution in [0.25, 0.3) is 0 Å². The Bertz CT molecular complexity index is 312. The van der Waals surface area contributed by atoms with E-state index in [9.17, 15) is 4.79 Å². The highest BCUT2D eigenvalue weighted by molar-refractivity contribution is 9.08. The average molecular weight is 256 g/mol. The summed E-state index contributed by atoms with van der Waals surface area (Å²) in [6, 6.07) is 7.84. The highest BCUT2D eigenvalue weighted by Crippen LogP contribution is 2.13. The van der Waals surface area contributed by atoms with Crippen molar-refractivity contribution in [3.05, 3.63) is 29.8 Å². The van der Waals surface area contributed by atoms with Crippen molar-refractivity contribution < 1.29 is 4.79 Å². The molecule has 0 fully saturated rings. The minimum absolute atomic E-state index is 0.0826. The summed E-state index contributed by atoms with van der Waals surface area (Å²) in [5.41, 5.74) is 2.04. The number of amides is 1. The normalized spacial score (nSPS) is 9.86. The third kappa shape index (κ3) is 3.50. The Labute approximate surface area is 92.8 Å². The average Bonchev–Trinajstić information content (AvgIpc) is 2.18. The summed E-state index contributed by atoms with van der Waals surface area (Å²) in [5, 5.41) is 3.67. The van der Waals surface area contributed by atoms with Crippen LogP contribution in [0, 0.1) is 0 Å². The van der Waals surface area contributed by atoms with Gasteiger partial charge in [0.1, 0.15) is 0 Å². The van der Waals surface area contributed by atoms with Crippen molar-refractivity contribution in [2.24, 2.45) is 0 Å². The van der Waals surface area contributed by atoms with Crippen LogP contribution in [0.4, 0.5) is 5.69 Å². The number of rotatable bonds is 4. The molecule has 1 amide bonds. The van der Waals surface area contributed by atoms with Crippen LogP contribution in [0.15, 0.2) is 24.3 Å². The molecule has 0 spiro atoms. The maximum Gasteiger partial charge on any atom is 0.224 e. The van der Waals surface area contributed by atoms with Crippen molar-refractivity contribution in [2.45, 2.75) is 25.1 Å². The van der Waals surface area contributed by atoms with Crippen molar-refractivity contribution in [3.8, 4) is 0 Å². The van der Waals surface area contributed by atoms with E-state index in [1.807, 2.05) is 31.2 Å². The quantitative estimate of drug-likeness (QED) is 0.822. The number of hydrogen-bond acceptors (Lipinski definition) is 1. The number of hydrogen-bond donors (Lipinski definition) is 1. The molecule has 1 aromatic carbocycles. The topological polar surface area (TPSA) is 29.1 Å². The molecule has 76 valence electrons. The van der Waals surface area contributed by atoms with E-state index in [0.29, 0.717) is 6.42 Å². The predicted octanol–water partition coefficient (Wildman–Crippen LogP) is 3.32. The van der Waals surface area contributed by atoms with E-state index in [4.69, 9.17) is 0 Å². The molecule has 0 saturated carbocycles. The molecule has 0 aliphatic rings. The lowest BCUT2D eigenvalue weighted by Crippen LogP contribution is -2.10. The summed E-state index contributed by atoms with van der Waals surface area (Å²) >= 11 is 3.38. The number of benzene rings is 1. The Morgan fingerprint density at radius 3 is 2.93 bits per heavy atom. The molecule has 0 aliphatic carbocycles. The first kappa shape index (κ1) is 11.2. The van der Waals surface area contributed by atoms with Crippen LogP contribution in [0.5, 0.6) is 0 Å². The molecule has 0 atom stereocenters. The summed E-state index contributed by atoms with van der Waals surface area (Å²) in [4.78, 5) is 11.3. The molecule has 1 aromatic rings. The van der Waals surface area contributed by atoms with Gasteiger partial charge < -0.3 is 5.32 Å². The molecule has 0 saturated heterocycles. The second kappa shape index (κ2) is 5.81. The molecule has 0 aliphatic heterocycles. The molecule has 1 N–H and O–H groups in total. The van der Waals surface area contributed by atoms with E-state index in [1.54, 1.807) is 0 Å². The minimum atomic E-state index is 0.0826. The molecule has 3 heteroatoms. The first-order valence-corrected chi connectivity index (χ1v) is 5.83. The number of anilines is 1. The Hall–Kier alpha value is -0.830. The molecular formula is C11H14BrNO. The Kier molecular flexibility index (Phi) is 4.66. The summed E-state index contributed by atoms with van der Waals surface area (Å²) in [7, 11) is 0. The Balaban J connectivity index is 2.62. The van der Waals surface area contributed by atoms with Crippen LogP contribution < -0.4 is 5.32 Å². The first-order chi connectivity index (χ1) is 6.76. The maximum absolute atomic E-state index is 11.3. The molecule has 0 unspecified atom stereocenters. The third-order valence-electron chi connectivity index (χ3n) is 1.84. The van der Waals surface area contributed by atoms with Crippen LogP contribution in [-0.2, 0) is 10.1 Å². The molecule has 0 aromatic heterocycles. The number of alkyl halides is 1. The molecule has 14 heavy (non-hydrogen) atoms. The zero-order valence-corrected chi connectivity index (χ0v) is 9.80. The molecule has 1 rings (SSSR count). The fourth-order valence-electron chi connectivity index (χ4n) is 1.18. The van der Waals surface area contributed by atoms with E-state index in [1.165, 1.54) is 5.56 Å². The summed E-state index contributed by atoms with van der Waals surface area (Å²) in [6.45, 7) is 1.99. The Morgan fingerprint density at radius 1 is 1.50 bits per heavy atom.